The lowest BCUT2D eigenvalue weighted by Gasteiger charge is -2.05. The average Bonchev–Trinajstić information content (AvgIpc) is 2.75. The maximum Gasteiger partial charge on any atom is 0.251 e. The first-order valence-corrected chi connectivity index (χ1v) is 6.16. The minimum absolute atomic E-state index is 0.0882. The molecule has 0 saturated carbocycles. The predicted octanol–water partition coefficient (Wildman–Crippen LogP) is 1.91. The minimum Gasteiger partial charge on any atom is -0.350 e. The van der Waals surface area contributed by atoms with Gasteiger partial charge in [-0.15, -0.1) is 12.6 Å². The van der Waals surface area contributed by atoms with Gasteiger partial charge in [0.2, 0.25) is 0 Å². The first kappa shape index (κ1) is 12.7. The summed E-state index contributed by atoms with van der Waals surface area (Å²) in [4.78, 5) is 12.6. The van der Waals surface area contributed by atoms with Gasteiger partial charge >= 0.3 is 0 Å². The fraction of sp³-hybridized carbons (Fsp3) is 0.231. The molecule has 0 aliphatic heterocycles. The normalized spacial score (nSPS) is 10.3. The fourth-order valence-corrected chi connectivity index (χ4v) is 1.85. The van der Waals surface area contributed by atoms with Crippen molar-refractivity contribution in [1.82, 2.24) is 15.1 Å². The highest BCUT2D eigenvalue weighted by Gasteiger charge is 2.04. The molecular weight excluding hydrogens is 246 g/mol. The Labute approximate surface area is 111 Å². The van der Waals surface area contributed by atoms with E-state index in [1.165, 1.54) is 0 Å². The number of nitrogens with zero attached hydrogens (tertiary/aromatic N) is 2. The van der Waals surface area contributed by atoms with Gasteiger partial charge in [-0.3, -0.25) is 9.48 Å². The van der Waals surface area contributed by atoms with Crippen LogP contribution in [0.2, 0.25) is 0 Å². The molecule has 0 bridgehead atoms. The number of aromatic nitrogens is 2. The first-order chi connectivity index (χ1) is 8.65. The van der Waals surface area contributed by atoms with Gasteiger partial charge in [0, 0.05) is 23.2 Å². The molecule has 1 aromatic heterocycles. The van der Waals surface area contributed by atoms with Gasteiger partial charge < -0.3 is 5.32 Å². The maximum absolute atomic E-state index is 11.8. The number of hydrogen-bond acceptors (Lipinski definition) is 3. The molecule has 0 aliphatic rings. The highest BCUT2D eigenvalue weighted by molar-refractivity contribution is 7.80. The molecular formula is C13H15N3OS. The van der Waals surface area contributed by atoms with Crippen LogP contribution < -0.4 is 5.32 Å². The number of amides is 1. The molecule has 4 nitrogen and oxygen atoms in total. The van der Waals surface area contributed by atoms with Crippen LogP contribution in [-0.2, 0) is 6.54 Å². The number of aryl methyl sites for hydroxylation is 1. The zero-order valence-electron chi connectivity index (χ0n) is 10.1. The number of nitrogens with one attached hydrogen (secondary N) is 1. The number of rotatable bonds is 4. The molecule has 1 amide bonds. The van der Waals surface area contributed by atoms with E-state index in [4.69, 9.17) is 0 Å². The summed E-state index contributed by atoms with van der Waals surface area (Å²) in [5.41, 5.74) is 1.74. The number of hydrogen-bond donors (Lipinski definition) is 2. The third-order valence-electron chi connectivity index (χ3n) is 2.50. The highest BCUT2D eigenvalue weighted by Crippen LogP contribution is 2.08. The standard InChI is InChI=1S/C13H15N3OS/c1-10-8-15-16(9-10)6-5-14-13(17)11-3-2-4-12(18)7-11/h2-4,7-9,18H,5-6H2,1H3,(H,14,17). The van der Waals surface area contributed by atoms with E-state index in [1.807, 2.05) is 29.9 Å². The van der Waals surface area contributed by atoms with Crippen molar-refractivity contribution in [3.8, 4) is 0 Å². The molecule has 2 aromatic rings. The van der Waals surface area contributed by atoms with Gasteiger partial charge in [0.1, 0.15) is 0 Å². The molecule has 0 aliphatic carbocycles. The summed E-state index contributed by atoms with van der Waals surface area (Å²) in [5.74, 6) is -0.0882. The predicted molar refractivity (Wildman–Crippen MR) is 73.0 cm³/mol. The van der Waals surface area contributed by atoms with Crippen LogP contribution in [0.4, 0.5) is 0 Å². The Balaban J connectivity index is 1.85. The van der Waals surface area contributed by atoms with Crippen molar-refractivity contribution in [3.63, 3.8) is 0 Å². The summed E-state index contributed by atoms with van der Waals surface area (Å²) < 4.78 is 1.81. The number of thiol groups is 1. The van der Waals surface area contributed by atoms with E-state index in [1.54, 1.807) is 18.3 Å². The van der Waals surface area contributed by atoms with Gasteiger partial charge in [0.05, 0.1) is 12.7 Å². The summed E-state index contributed by atoms with van der Waals surface area (Å²) in [6.45, 7) is 3.21. The quantitative estimate of drug-likeness (QED) is 0.826. The smallest absolute Gasteiger partial charge is 0.251 e. The number of benzene rings is 1. The summed E-state index contributed by atoms with van der Waals surface area (Å²) in [7, 11) is 0. The van der Waals surface area contributed by atoms with Gasteiger partial charge in [-0.25, -0.2) is 0 Å². The monoisotopic (exact) mass is 261 g/mol. The number of carbonyl (C=O) groups excluding carboxylic acids is 1. The Morgan fingerprint density at radius 1 is 1.50 bits per heavy atom. The minimum atomic E-state index is -0.0882. The zero-order chi connectivity index (χ0) is 13.0. The molecule has 0 saturated heterocycles. The fourth-order valence-electron chi connectivity index (χ4n) is 1.62. The van der Waals surface area contributed by atoms with Crippen LogP contribution in [0.25, 0.3) is 0 Å². The van der Waals surface area contributed by atoms with E-state index >= 15 is 0 Å². The molecule has 0 unspecified atom stereocenters. The van der Waals surface area contributed by atoms with Crippen LogP contribution in [0.1, 0.15) is 15.9 Å². The van der Waals surface area contributed by atoms with Gasteiger partial charge in [-0.1, -0.05) is 6.07 Å². The molecule has 18 heavy (non-hydrogen) atoms. The van der Waals surface area contributed by atoms with E-state index in [2.05, 4.69) is 23.0 Å². The summed E-state index contributed by atoms with van der Waals surface area (Å²) in [5, 5.41) is 7.00. The Morgan fingerprint density at radius 2 is 2.33 bits per heavy atom. The summed E-state index contributed by atoms with van der Waals surface area (Å²) in [6, 6.07) is 7.17. The van der Waals surface area contributed by atoms with Crippen LogP contribution in [-0.4, -0.2) is 22.2 Å². The second kappa shape index (κ2) is 5.73. The molecule has 1 N–H and O–H groups in total. The van der Waals surface area contributed by atoms with E-state index < -0.39 is 0 Å². The van der Waals surface area contributed by atoms with Gasteiger partial charge in [-0.05, 0) is 30.7 Å². The third-order valence-corrected chi connectivity index (χ3v) is 2.78. The molecule has 1 heterocycles. The first-order valence-electron chi connectivity index (χ1n) is 5.71. The highest BCUT2D eigenvalue weighted by atomic mass is 32.1. The lowest BCUT2D eigenvalue weighted by atomic mass is 10.2. The molecule has 0 radical (unpaired) electrons. The van der Waals surface area contributed by atoms with E-state index in [9.17, 15) is 4.79 Å². The molecule has 0 fully saturated rings. The van der Waals surface area contributed by atoms with Crippen molar-refractivity contribution in [2.24, 2.45) is 0 Å². The molecule has 2 rings (SSSR count). The topological polar surface area (TPSA) is 46.9 Å². The third kappa shape index (κ3) is 3.37. The lowest BCUT2D eigenvalue weighted by Crippen LogP contribution is -2.27. The second-order valence-electron chi connectivity index (χ2n) is 4.09. The SMILES string of the molecule is Cc1cnn(CCNC(=O)c2cccc(S)c2)c1. The van der Waals surface area contributed by atoms with Crippen molar-refractivity contribution in [2.45, 2.75) is 18.4 Å². The van der Waals surface area contributed by atoms with Crippen molar-refractivity contribution >= 4 is 18.5 Å². The Hall–Kier alpha value is -1.75. The largest absolute Gasteiger partial charge is 0.350 e. The van der Waals surface area contributed by atoms with Crippen molar-refractivity contribution in [2.75, 3.05) is 6.54 Å². The van der Waals surface area contributed by atoms with Crippen molar-refractivity contribution in [1.29, 1.82) is 0 Å². The van der Waals surface area contributed by atoms with E-state index in [0.29, 0.717) is 18.7 Å². The molecule has 0 spiro atoms. The van der Waals surface area contributed by atoms with Crippen LogP contribution in [0, 0.1) is 6.92 Å². The molecule has 1 aromatic carbocycles. The van der Waals surface area contributed by atoms with Crippen LogP contribution in [0.5, 0.6) is 0 Å². The van der Waals surface area contributed by atoms with E-state index in [0.717, 1.165) is 10.5 Å². The average molecular weight is 261 g/mol. The maximum atomic E-state index is 11.8. The number of carbonyl (C=O) groups is 1. The molecule has 94 valence electrons. The Morgan fingerprint density at radius 3 is 3.00 bits per heavy atom. The zero-order valence-corrected chi connectivity index (χ0v) is 11.0. The van der Waals surface area contributed by atoms with E-state index in [-0.39, 0.29) is 5.91 Å². The van der Waals surface area contributed by atoms with Crippen molar-refractivity contribution in [3.05, 3.63) is 47.8 Å². The van der Waals surface area contributed by atoms with Gasteiger partial charge in [0.15, 0.2) is 0 Å². The summed E-state index contributed by atoms with van der Waals surface area (Å²) >= 11 is 4.21. The Kier molecular flexibility index (Phi) is 4.04. The molecule has 0 atom stereocenters. The summed E-state index contributed by atoms with van der Waals surface area (Å²) in [6.07, 6.45) is 3.74. The van der Waals surface area contributed by atoms with Crippen LogP contribution in [0.3, 0.4) is 0 Å². The second-order valence-corrected chi connectivity index (χ2v) is 4.60. The van der Waals surface area contributed by atoms with Crippen molar-refractivity contribution < 1.29 is 4.79 Å². The lowest BCUT2D eigenvalue weighted by molar-refractivity contribution is 0.0951. The van der Waals surface area contributed by atoms with Crippen LogP contribution in [0.15, 0.2) is 41.6 Å². The van der Waals surface area contributed by atoms with Crippen LogP contribution >= 0.6 is 12.6 Å². The van der Waals surface area contributed by atoms with Gasteiger partial charge in [0.25, 0.3) is 5.91 Å². The Bertz CT molecular complexity index is 551. The molecule has 5 heteroatoms. The van der Waals surface area contributed by atoms with Gasteiger partial charge in [-0.2, -0.15) is 5.10 Å².